The molecule has 16 heteroatoms. The minimum atomic E-state index is -1.41. The van der Waals surface area contributed by atoms with Crippen LogP contribution < -0.4 is 16.1 Å². The largest absolute Gasteiger partial charge is 0.508 e. The van der Waals surface area contributed by atoms with E-state index in [4.69, 9.17) is 9.47 Å². The Labute approximate surface area is 457 Å². The lowest BCUT2D eigenvalue weighted by Crippen LogP contribution is -2.64. The van der Waals surface area contributed by atoms with Gasteiger partial charge in [-0.05, 0) is 113 Å². The number of rotatable bonds is 15. The second-order valence-corrected chi connectivity index (χ2v) is 23.0. The van der Waals surface area contributed by atoms with Crippen LogP contribution in [0.2, 0.25) is 0 Å². The van der Waals surface area contributed by atoms with Gasteiger partial charge in [0.15, 0.2) is 11.5 Å². The van der Waals surface area contributed by atoms with Crippen LogP contribution in [-0.4, -0.2) is 116 Å². The minimum Gasteiger partial charge on any atom is -0.508 e. The molecule has 1 aromatic carbocycles. The predicted molar refractivity (Wildman–Crippen MR) is 295 cm³/mol. The molecule has 1 spiro atoms. The number of amides is 3. The van der Waals surface area contributed by atoms with E-state index in [1.54, 1.807) is 51.1 Å². The number of phenols is 1. The number of aliphatic hydroxyl groups is 3. The molecular weight excluding hydrogens is 981 g/mol. The molecule has 0 aliphatic carbocycles. The number of benzene rings is 1. The summed E-state index contributed by atoms with van der Waals surface area (Å²) in [6, 6.07) is 4.44. The highest BCUT2D eigenvalue weighted by atomic mass is 16.5. The first-order chi connectivity index (χ1) is 36.5. The maximum atomic E-state index is 14.6. The number of hydrogen-bond donors (Lipinski definition) is 7. The van der Waals surface area contributed by atoms with Gasteiger partial charge in [0.1, 0.15) is 23.7 Å². The van der Waals surface area contributed by atoms with Gasteiger partial charge in [-0.1, -0.05) is 109 Å². The molecule has 0 aromatic heterocycles. The van der Waals surface area contributed by atoms with Crippen molar-refractivity contribution < 1.29 is 58.7 Å². The van der Waals surface area contributed by atoms with Crippen molar-refractivity contribution in [2.45, 2.75) is 195 Å². The molecule has 0 radical (unpaired) electrons. The third kappa shape index (κ3) is 17.1. The van der Waals surface area contributed by atoms with E-state index in [9.17, 15) is 49.2 Å². The second-order valence-electron chi connectivity index (χ2n) is 23.0. The number of nitrogens with one attached hydrogen (secondary N) is 3. The number of ketones is 2. The molecule has 1 unspecified atom stereocenters. The van der Waals surface area contributed by atoms with Gasteiger partial charge in [-0.2, -0.15) is 0 Å². The summed E-state index contributed by atoms with van der Waals surface area (Å²) in [5.74, 6) is -5.70. The molecule has 3 amide bonds. The lowest BCUT2D eigenvalue weighted by atomic mass is 9.75. The van der Waals surface area contributed by atoms with Crippen LogP contribution in [0.25, 0.3) is 0 Å². The quantitative estimate of drug-likeness (QED) is 0.0514. The molecule has 2 saturated heterocycles. The van der Waals surface area contributed by atoms with Crippen molar-refractivity contribution in [2.24, 2.45) is 47.3 Å². The summed E-state index contributed by atoms with van der Waals surface area (Å²) in [5.41, 5.74) is 4.56. The fourth-order valence-electron chi connectivity index (χ4n) is 11.2. The Kier molecular flexibility index (Phi) is 23.6. The van der Waals surface area contributed by atoms with Gasteiger partial charge in [-0.25, -0.2) is 5.43 Å². The molecule has 2 bridgehead atoms. The maximum Gasteiger partial charge on any atom is 0.325 e. The first-order valence-corrected chi connectivity index (χ1v) is 28.2. The third-order valence-corrected chi connectivity index (χ3v) is 16.5. The highest BCUT2D eigenvalue weighted by Crippen LogP contribution is 2.43. The van der Waals surface area contributed by atoms with E-state index >= 15 is 0 Å². The van der Waals surface area contributed by atoms with E-state index < -0.39 is 89.5 Å². The summed E-state index contributed by atoms with van der Waals surface area (Å²) in [6.45, 7) is 18.9. The monoisotopic (exact) mass is 1070 g/mol. The van der Waals surface area contributed by atoms with E-state index in [0.717, 1.165) is 24.0 Å². The number of hydrazine groups is 1. The number of phenolic OH excluding ortho intramolecular Hbond substituents is 1. The summed E-state index contributed by atoms with van der Waals surface area (Å²) >= 11 is 0. The van der Waals surface area contributed by atoms with Crippen LogP contribution in [0.1, 0.15) is 145 Å². The highest BCUT2D eigenvalue weighted by Gasteiger charge is 2.51. The lowest BCUT2D eigenvalue weighted by molar-refractivity contribution is -0.179. The Morgan fingerprint density at radius 1 is 1.01 bits per heavy atom. The number of allylic oxidation sites excluding steroid dienone is 5. The van der Waals surface area contributed by atoms with Gasteiger partial charge in [-0.3, -0.25) is 29.0 Å². The van der Waals surface area contributed by atoms with Gasteiger partial charge in [0.25, 0.3) is 0 Å². The van der Waals surface area contributed by atoms with E-state index in [1.807, 2.05) is 45.9 Å². The topological polar surface area (TPSA) is 241 Å². The smallest absolute Gasteiger partial charge is 0.325 e. The zero-order valence-corrected chi connectivity index (χ0v) is 47.3. The van der Waals surface area contributed by atoms with Crippen molar-refractivity contribution >= 4 is 35.3 Å². The van der Waals surface area contributed by atoms with E-state index in [-0.39, 0.29) is 85.9 Å². The van der Waals surface area contributed by atoms with Crippen LogP contribution in [0.5, 0.6) is 5.75 Å². The van der Waals surface area contributed by atoms with Crippen molar-refractivity contribution in [3.05, 3.63) is 89.6 Å². The van der Waals surface area contributed by atoms with E-state index in [0.29, 0.717) is 37.7 Å². The molecule has 4 heterocycles. The average molecular weight is 1070 g/mol. The van der Waals surface area contributed by atoms with Gasteiger partial charge < -0.3 is 45.3 Å². The Morgan fingerprint density at radius 3 is 2.44 bits per heavy atom. The number of aromatic hydroxyl groups is 1. The van der Waals surface area contributed by atoms with Crippen LogP contribution in [0.4, 0.5) is 0 Å². The summed E-state index contributed by atoms with van der Waals surface area (Å²) < 4.78 is 13.0. The number of ether oxygens (including phenoxy) is 2. The lowest BCUT2D eigenvalue weighted by Gasteiger charge is -2.51. The third-order valence-electron chi connectivity index (χ3n) is 16.5. The van der Waals surface area contributed by atoms with Gasteiger partial charge in [0, 0.05) is 55.9 Å². The van der Waals surface area contributed by atoms with Crippen LogP contribution in [0.15, 0.2) is 84.0 Å². The second kappa shape index (κ2) is 29.1. The number of Topliss-reactive ketones (excluding diaryl/α,β-unsaturated/α-hetero) is 2. The Hall–Kier alpha value is -5.26. The van der Waals surface area contributed by atoms with Crippen molar-refractivity contribution in [2.75, 3.05) is 6.54 Å². The normalized spacial score (nSPS) is 33.3. The number of nitrogens with zero attached hydrogens (tertiary/aromatic N) is 1. The zero-order valence-electron chi connectivity index (χ0n) is 47.3. The van der Waals surface area contributed by atoms with Crippen molar-refractivity contribution in [1.82, 2.24) is 21.1 Å². The number of fused-ring (bicyclic) bond motifs is 2. The van der Waals surface area contributed by atoms with Crippen LogP contribution >= 0.6 is 0 Å². The average Bonchev–Trinajstić information content (AvgIpc) is 3.38. The van der Waals surface area contributed by atoms with Crippen LogP contribution in [0.3, 0.4) is 0 Å². The Bertz CT molecular complexity index is 2360. The molecule has 15 atom stereocenters. The number of carbonyl (C=O) groups excluding carboxylic acids is 6. The standard InChI is InChI=1S/C61H90N4O12/c1-11-45-31-41(8)61(63-57(45)72)40(7)30-39(6)54(77-61)35-51(69)37(4)20-14-12-15-21-38(5)53-26-17-13-16-25-50(68)43(10)56(71)48(28-27-42(9)66)58(73)62-55(36(2)3)52(70)34-46(32-44-22-18-23-47(67)33-44)59(74)65-29-19-24-49(64-65)60(75)76-53/h12-13,15-18,21-23,25,30,33,36-37,39,41,43,45-46,48-51,53-56,64,67-69,71H,11,14,19-20,24,26-29,31-32,34-35H2,1-10H3,(H,62,73)(H,63,72)/b15-12+,17-13+,25-16+,38-21+/t37-,39+,41-,43-,45-,46+,48+,49?,50-,51-,53-,54-,55-,56+,61-/m0/s1. The first kappa shape index (κ1) is 62.6. The molecule has 1 aromatic rings. The summed E-state index contributed by atoms with van der Waals surface area (Å²) in [4.78, 5) is 82.3. The SMILES string of the molecule is CC[C@H]1C[C@H](C)[C@@]2(NC1=O)O[C@@H](C[C@H](O)[C@@H](C)CC/C=C/C=C(\C)[C@@H]1C/C=C/C=C/[C@H](O)[C@H](C)[C@@H](O)[C@@H](CCC(C)=O)C(=O)N[C@@H](C(C)C)C(=O)C[C@@H](Cc3cccc(O)c3)C(=O)N3CCCC(N3)C(=O)O1)[C@H](C)C=C2C. The van der Waals surface area contributed by atoms with E-state index in [1.165, 1.54) is 30.1 Å². The fourth-order valence-corrected chi connectivity index (χ4v) is 11.2. The molecule has 77 heavy (non-hydrogen) atoms. The number of hydrogen-bond acceptors (Lipinski definition) is 13. The summed E-state index contributed by atoms with van der Waals surface area (Å²) in [5, 5.41) is 52.1. The molecule has 16 nitrogen and oxygen atoms in total. The minimum absolute atomic E-state index is 0.0102. The highest BCUT2D eigenvalue weighted by molar-refractivity contribution is 5.93. The van der Waals surface area contributed by atoms with E-state index in [2.05, 4.69) is 36.0 Å². The first-order valence-electron chi connectivity index (χ1n) is 28.2. The molecule has 4 aliphatic rings. The van der Waals surface area contributed by atoms with Crippen LogP contribution in [-0.2, 0) is 44.7 Å². The Morgan fingerprint density at radius 2 is 1.75 bits per heavy atom. The van der Waals surface area contributed by atoms with Crippen molar-refractivity contribution in [3.8, 4) is 5.75 Å². The van der Waals surface area contributed by atoms with Gasteiger partial charge in [0.2, 0.25) is 17.7 Å². The number of aliphatic hydroxyl groups excluding tert-OH is 3. The molecular formula is C61H90N4O12. The summed E-state index contributed by atoms with van der Waals surface area (Å²) in [7, 11) is 0. The number of piperidine rings is 1. The van der Waals surface area contributed by atoms with Gasteiger partial charge >= 0.3 is 5.97 Å². The maximum absolute atomic E-state index is 14.6. The molecule has 7 N–H and O–H groups in total. The molecule has 2 fully saturated rings. The van der Waals surface area contributed by atoms with Crippen LogP contribution in [0, 0.1) is 47.3 Å². The number of cyclic esters (lactones) is 1. The number of carbonyl (C=O) groups is 6. The molecule has 5 rings (SSSR count). The van der Waals surface area contributed by atoms with Gasteiger partial charge in [0.05, 0.1) is 42.3 Å². The predicted octanol–water partition coefficient (Wildman–Crippen LogP) is 7.45. The Balaban J connectivity index is 1.35. The number of esters is 1. The molecule has 0 saturated carbocycles. The van der Waals surface area contributed by atoms with Crippen molar-refractivity contribution in [1.29, 1.82) is 0 Å². The van der Waals surface area contributed by atoms with Gasteiger partial charge in [-0.15, -0.1) is 0 Å². The summed E-state index contributed by atoms with van der Waals surface area (Å²) in [6.07, 6.45) is 14.4. The zero-order chi connectivity index (χ0) is 56.7. The molecule has 4 aliphatic heterocycles. The fraction of sp³-hybridized carbons (Fsp3) is 0.639. The van der Waals surface area contributed by atoms with Crippen molar-refractivity contribution in [3.63, 3.8) is 0 Å². The molecule has 426 valence electrons.